The number of fused-ring (bicyclic) bond motifs is 3. The molecule has 0 bridgehead atoms. The van der Waals surface area contributed by atoms with Gasteiger partial charge in [-0.2, -0.15) is 0 Å². The zero-order chi connectivity index (χ0) is 16.3. The van der Waals surface area contributed by atoms with E-state index in [2.05, 4.69) is 0 Å². The number of esters is 2. The normalized spacial score (nSPS) is 55.8. The lowest BCUT2D eigenvalue weighted by Gasteiger charge is -2.49. The Morgan fingerprint density at radius 1 is 1.22 bits per heavy atom. The third-order valence-corrected chi connectivity index (χ3v) is 6.90. The molecule has 2 aliphatic carbocycles. The molecule has 0 aromatic rings. The summed E-state index contributed by atoms with van der Waals surface area (Å²) in [7, 11) is 0. The number of hydrogen-bond acceptors (Lipinski definition) is 6. The third kappa shape index (κ3) is 1.28. The number of carbonyl (C=O) groups excluding carboxylic acids is 2. The molecular formula is C17H20O6. The fourth-order valence-electron chi connectivity index (χ4n) is 5.88. The summed E-state index contributed by atoms with van der Waals surface area (Å²) in [5, 5.41) is 10.6. The predicted molar refractivity (Wildman–Crippen MR) is 76.1 cm³/mol. The Balaban J connectivity index is 1.74. The largest absolute Gasteiger partial charge is 0.461 e. The summed E-state index contributed by atoms with van der Waals surface area (Å²) >= 11 is 0. The van der Waals surface area contributed by atoms with Gasteiger partial charge in [0.25, 0.3) is 0 Å². The first-order valence-electron chi connectivity index (χ1n) is 8.34. The van der Waals surface area contributed by atoms with Crippen molar-refractivity contribution in [2.24, 2.45) is 16.7 Å². The average Bonchev–Trinajstić information content (AvgIpc) is 3.18. The Morgan fingerprint density at radius 3 is 2.65 bits per heavy atom. The van der Waals surface area contributed by atoms with Crippen molar-refractivity contribution in [3.8, 4) is 0 Å². The number of aliphatic hydroxyl groups is 1. The van der Waals surface area contributed by atoms with Crippen molar-refractivity contribution in [1.82, 2.24) is 0 Å². The van der Waals surface area contributed by atoms with Crippen LogP contribution >= 0.6 is 0 Å². The molecule has 1 saturated carbocycles. The van der Waals surface area contributed by atoms with Crippen molar-refractivity contribution in [3.05, 3.63) is 11.1 Å². The van der Waals surface area contributed by atoms with Crippen LogP contribution in [0.3, 0.4) is 0 Å². The van der Waals surface area contributed by atoms with Gasteiger partial charge in [-0.15, -0.1) is 0 Å². The molecular weight excluding hydrogens is 300 g/mol. The van der Waals surface area contributed by atoms with Gasteiger partial charge in [-0.1, -0.05) is 13.8 Å². The van der Waals surface area contributed by atoms with Crippen molar-refractivity contribution < 1.29 is 28.9 Å². The minimum absolute atomic E-state index is 0.232. The quantitative estimate of drug-likeness (QED) is 0.566. The Bertz CT molecular complexity index is 683. The van der Waals surface area contributed by atoms with E-state index in [0.717, 1.165) is 5.57 Å². The Hall–Kier alpha value is -1.40. The molecule has 0 amide bonds. The second kappa shape index (κ2) is 3.81. The van der Waals surface area contributed by atoms with E-state index >= 15 is 0 Å². The summed E-state index contributed by atoms with van der Waals surface area (Å²) < 4.78 is 17.0. The lowest BCUT2D eigenvalue weighted by atomic mass is 9.49. The maximum absolute atomic E-state index is 12.6. The number of hydrogen-bond donors (Lipinski definition) is 1. The van der Waals surface area contributed by atoms with Crippen LogP contribution in [0.4, 0.5) is 0 Å². The van der Waals surface area contributed by atoms with Crippen LogP contribution in [0.25, 0.3) is 0 Å². The smallest absolute Gasteiger partial charge is 0.335 e. The molecule has 0 radical (unpaired) electrons. The molecule has 2 saturated heterocycles. The number of epoxide rings is 1. The molecule has 8 atom stereocenters. The van der Waals surface area contributed by atoms with Gasteiger partial charge in [-0.25, -0.2) is 4.79 Å². The number of rotatable bonds is 1. The molecule has 6 nitrogen and oxygen atoms in total. The predicted octanol–water partition coefficient (Wildman–Crippen LogP) is 0.718. The van der Waals surface area contributed by atoms with Crippen LogP contribution in [-0.2, 0) is 23.8 Å². The summed E-state index contributed by atoms with van der Waals surface area (Å²) in [6.07, 6.45) is -0.866. The van der Waals surface area contributed by atoms with Crippen LogP contribution in [-0.4, -0.2) is 47.6 Å². The maximum atomic E-state index is 12.6. The van der Waals surface area contributed by atoms with Gasteiger partial charge in [0.1, 0.15) is 23.7 Å². The van der Waals surface area contributed by atoms with E-state index < -0.39 is 23.0 Å². The van der Waals surface area contributed by atoms with Crippen LogP contribution in [0.5, 0.6) is 0 Å². The molecule has 5 aliphatic rings. The fourth-order valence-corrected chi connectivity index (χ4v) is 5.88. The first kappa shape index (κ1) is 14.0. The highest BCUT2D eigenvalue weighted by molar-refractivity contribution is 5.95. The second-order valence-electron chi connectivity index (χ2n) is 7.86. The molecule has 124 valence electrons. The molecule has 5 rings (SSSR count). The van der Waals surface area contributed by atoms with E-state index in [-0.39, 0.29) is 36.2 Å². The summed E-state index contributed by atoms with van der Waals surface area (Å²) in [6.45, 7) is 5.72. The topological polar surface area (TPSA) is 85.4 Å². The van der Waals surface area contributed by atoms with Gasteiger partial charge in [-0.3, -0.25) is 4.79 Å². The van der Waals surface area contributed by atoms with Gasteiger partial charge < -0.3 is 19.3 Å². The number of cyclic esters (lactones) is 1. The van der Waals surface area contributed by atoms with E-state index in [0.29, 0.717) is 18.4 Å². The Morgan fingerprint density at radius 2 is 1.96 bits per heavy atom. The molecule has 23 heavy (non-hydrogen) atoms. The Labute approximate surface area is 133 Å². The van der Waals surface area contributed by atoms with E-state index in [9.17, 15) is 14.7 Å². The molecule has 8 unspecified atom stereocenters. The van der Waals surface area contributed by atoms with Crippen molar-refractivity contribution in [1.29, 1.82) is 0 Å². The van der Waals surface area contributed by atoms with Crippen molar-refractivity contribution >= 4 is 11.9 Å². The first-order valence-corrected chi connectivity index (χ1v) is 8.34. The van der Waals surface area contributed by atoms with E-state index in [4.69, 9.17) is 14.2 Å². The molecule has 3 aliphatic heterocycles. The lowest BCUT2D eigenvalue weighted by molar-refractivity contribution is -0.155. The SMILES string of the molecule is CCC1OC(=O)C2=C1CC1OC(=O)C3(C)C(O)C4OC4C2(C)C13. The van der Waals surface area contributed by atoms with Gasteiger partial charge in [0, 0.05) is 23.3 Å². The zero-order valence-corrected chi connectivity index (χ0v) is 13.4. The van der Waals surface area contributed by atoms with Gasteiger partial charge in [0.15, 0.2) is 0 Å². The van der Waals surface area contributed by atoms with Crippen molar-refractivity contribution in [2.45, 2.75) is 64.1 Å². The zero-order valence-electron chi connectivity index (χ0n) is 13.4. The van der Waals surface area contributed by atoms with Crippen molar-refractivity contribution in [2.75, 3.05) is 0 Å². The van der Waals surface area contributed by atoms with E-state index in [1.807, 2.05) is 13.8 Å². The van der Waals surface area contributed by atoms with Crippen LogP contribution in [0.15, 0.2) is 11.1 Å². The molecule has 0 spiro atoms. The molecule has 1 N–H and O–H groups in total. The van der Waals surface area contributed by atoms with Crippen LogP contribution < -0.4 is 0 Å². The van der Waals surface area contributed by atoms with Gasteiger partial charge >= 0.3 is 11.9 Å². The summed E-state index contributed by atoms with van der Waals surface area (Å²) in [6, 6.07) is 0. The van der Waals surface area contributed by atoms with E-state index in [1.165, 1.54) is 0 Å². The maximum Gasteiger partial charge on any atom is 0.335 e. The van der Waals surface area contributed by atoms with Gasteiger partial charge in [0.05, 0.1) is 12.2 Å². The summed E-state index contributed by atoms with van der Waals surface area (Å²) in [4.78, 5) is 25.1. The Kier molecular flexibility index (Phi) is 2.31. The van der Waals surface area contributed by atoms with Crippen LogP contribution in [0.1, 0.15) is 33.6 Å². The summed E-state index contributed by atoms with van der Waals surface area (Å²) in [5.41, 5.74) is -0.0250. The summed E-state index contributed by atoms with van der Waals surface area (Å²) in [5.74, 6) is -0.925. The molecule has 6 heteroatoms. The lowest BCUT2D eigenvalue weighted by Crippen LogP contribution is -2.60. The van der Waals surface area contributed by atoms with Crippen LogP contribution in [0.2, 0.25) is 0 Å². The average molecular weight is 320 g/mol. The minimum atomic E-state index is -1.03. The number of ether oxygens (including phenoxy) is 3. The highest BCUT2D eigenvalue weighted by Gasteiger charge is 2.80. The van der Waals surface area contributed by atoms with Crippen LogP contribution in [0, 0.1) is 16.7 Å². The van der Waals surface area contributed by atoms with Gasteiger partial charge in [-0.05, 0) is 18.9 Å². The number of aliphatic hydroxyl groups excluding tert-OH is 1. The molecule has 0 aromatic heterocycles. The standard InChI is InChI=1S/C17H20O6/c1-4-7-6-5-8-11-16(2,9(6)14(19)21-7)13-10(23-13)12(18)17(11,3)15(20)22-8/h7-8,10-13,18H,4-5H2,1-3H3. The fraction of sp³-hybridized carbons (Fsp3) is 0.765. The van der Waals surface area contributed by atoms with E-state index in [1.54, 1.807) is 6.92 Å². The second-order valence-corrected chi connectivity index (χ2v) is 7.86. The van der Waals surface area contributed by atoms with Crippen molar-refractivity contribution in [3.63, 3.8) is 0 Å². The monoisotopic (exact) mass is 320 g/mol. The molecule has 3 heterocycles. The molecule has 3 fully saturated rings. The third-order valence-electron chi connectivity index (χ3n) is 6.90. The minimum Gasteiger partial charge on any atom is -0.461 e. The number of carbonyl (C=O) groups is 2. The van der Waals surface area contributed by atoms with Gasteiger partial charge in [0.2, 0.25) is 0 Å². The highest BCUT2D eigenvalue weighted by Crippen LogP contribution is 2.69. The molecule has 0 aromatic carbocycles. The first-order chi connectivity index (χ1) is 10.8. The highest BCUT2D eigenvalue weighted by atomic mass is 16.6.